The van der Waals surface area contributed by atoms with Gasteiger partial charge in [-0.3, -0.25) is 4.79 Å². The number of nitrogens with one attached hydrogen (secondary N) is 1. The summed E-state index contributed by atoms with van der Waals surface area (Å²) >= 11 is 3.42. The van der Waals surface area contributed by atoms with E-state index < -0.39 is 0 Å². The first-order valence-corrected chi connectivity index (χ1v) is 7.64. The second kappa shape index (κ2) is 7.84. The molecule has 21 heavy (non-hydrogen) atoms. The number of ether oxygens (including phenoxy) is 1. The molecule has 3 nitrogen and oxygen atoms in total. The zero-order valence-electron chi connectivity index (χ0n) is 11.9. The summed E-state index contributed by atoms with van der Waals surface area (Å²) in [5.74, 6) is 0.567. The predicted molar refractivity (Wildman–Crippen MR) is 87.5 cm³/mol. The number of carbonyl (C=O) groups is 1. The Hall–Kier alpha value is -1.81. The highest BCUT2D eigenvalue weighted by molar-refractivity contribution is 9.10. The van der Waals surface area contributed by atoms with Gasteiger partial charge in [0.2, 0.25) is 0 Å². The van der Waals surface area contributed by atoms with Crippen molar-refractivity contribution in [2.45, 2.75) is 13.3 Å². The summed E-state index contributed by atoms with van der Waals surface area (Å²) in [6.07, 6.45) is 0.820. The minimum atomic E-state index is -0.113. The van der Waals surface area contributed by atoms with Crippen molar-refractivity contribution in [1.29, 1.82) is 0 Å². The lowest BCUT2D eigenvalue weighted by atomic mass is 10.1. The lowest BCUT2D eigenvalue weighted by Gasteiger charge is -2.09. The highest BCUT2D eigenvalue weighted by atomic mass is 79.9. The van der Waals surface area contributed by atoms with Crippen LogP contribution < -0.4 is 10.1 Å². The molecule has 0 saturated carbocycles. The van der Waals surface area contributed by atoms with Gasteiger partial charge in [-0.15, -0.1) is 0 Å². The molecule has 0 fully saturated rings. The molecule has 0 radical (unpaired) electrons. The summed E-state index contributed by atoms with van der Waals surface area (Å²) in [6.45, 7) is 2.64. The van der Waals surface area contributed by atoms with Gasteiger partial charge in [-0.1, -0.05) is 36.4 Å². The quantitative estimate of drug-likeness (QED) is 0.868. The number of benzene rings is 2. The Kier molecular flexibility index (Phi) is 5.81. The average molecular weight is 348 g/mol. The minimum Gasteiger partial charge on any atom is -0.483 e. The Morgan fingerprint density at radius 3 is 2.67 bits per heavy atom. The van der Waals surface area contributed by atoms with Crippen LogP contribution in [-0.4, -0.2) is 19.1 Å². The van der Waals surface area contributed by atoms with E-state index in [0.717, 1.165) is 16.5 Å². The van der Waals surface area contributed by atoms with Crippen LogP contribution in [0.5, 0.6) is 5.75 Å². The van der Waals surface area contributed by atoms with E-state index in [-0.39, 0.29) is 12.5 Å². The second-order valence-corrected chi connectivity index (χ2v) is 5.66. The molecule has 0 spiro atoms. The molecule has 0 aliphatic carbocycles. The first-order chi connectivity index (χ1) is 10.1. The van der Waals surface area contributed by atoms with E-state index in [9.17, 15) is 4.79 Å². The maximum Gasteiger partial charge on any atom is 0.257 e. The molecule has 0 bridgehead atoms. The molecule has 4 heteroatoms. The molecule has 0 aliphatic rings. The van der Waals surface area contributed by atoms with Crippen LogP contribution in [0.2, 0.25) is 0 Å². The van der Waals surface area contributed by atoms with Gasteiger partial charge in [0.1, 0.15) is 5.75 Å². The van der Waals surface area contributed by atoms with E-state index in [0.29, 0.717) is 12.3 Å². The van der Waals surface area contributed by atoms with Gasteiger partial charge in [0.15, 0.2) is 6.61 Å². The van der Waals surface area contributed by atoms with E-state index in [1.807, 2.05) is 55.5 Å². The maximum atomic E-state index is 11.7. The second-order valence-electron chi connectivity index (χ2n) is 4.81. The fraction of sp³-hybridized carbons (Fsp3) is 0.235. The van der Waals surface area contributed by atoms with Gasteiger partial charge in [0, 0.05) is 6.54 Å². The monoisotopic (exact) mass is 347 g/mol. The van der Waals surface area contributed by atoms with Crippen LogP contribution in [0.3, 0.4) is 0 Å². The summed E-state index contributed by atoms with van der Waals surface area (Å²) in [6, 6.07) is 15.8. The number of amides is 1. The molecule has 0 aliphatic heterocycles. The normalized spacial score (nSPS) is 10.2. The fourth-order valence-corrected chi connectivity index (χ4v) is 2.52. The van der Waals surface area contributed by atoms with Crippen LogP contribution in [0, 0.1) is 6.92 Å². The van der Waals surface area contributed by atoms with Gasteiger partial charge in [-0.25, -0.2) is 0 Å². The van der Waals surface area contributed by atoms with Gasteiger partial charge in [0.25, 0.3) is 5.91 Å². The summed E-state index contributed by atoms with van der Waals surface area (Å²) in [4.78, 5) is 11.7. The first-order valence-electron chi connectivity index (χ1n) is 6.85. The standard InChI is InChI=1S/C17H18BrNO2/c1-13-7-8-16(15(18)11-13)21-12-17(20)19-10-9-14-5-3-2-4-6-14/h2-8,11H,9-10,12H2,1H3,(H,19,20). The molecule has 110 valence electrons. The SMILES string of the molecule is Cc1ccc(OCC(=O)NCCc2ccccc2)c(Br)c1. The van der Waals surface area contributed by atoms with Gasteiger partial charge in [-0.05, 0) is 52.5 Å². The highest BCUT2D eigenvalue weighted by Gasteiger charge is 2.05. The van der Waals surface area contributed by atoms with E-state index in [1.165, 1.54) is 5.56 Å². The zero-order chi connectivity index (χ0) is 15.1. The fourth-order valence-electron chi connectivity index (χ4n) is 1.91. The number of hydrogen-bond acceptors (Lipinski definition) is 2. The van der Waals surface area contributed by atoms with Crippen molar-refractivity contribution in [3.63, 3.8) is 0 Å². The van der Waals surface area contributed by atoms with E-state index >= 15 is 0 Å². The van der Waals surface area contributed by atoms with Crippen LogP contribution in [0.4, 0.5) is 0 Å². The highest BCUT2D eigenvalue weighted by Crippen LogP contribution is 2.25. The molecule has 0 atom stereocenters. The largest absolute Gasteiger partial charge is 0.483 e. The van der Waals surface area contributed by atoms with Crippen molar-refractivity contribution in [3.05, 3.63) is 64.1 Å². The molecular weight excluding hydrogens is 330 g/mol. The summed E-state index contributed by atoms with van der Waals surface area (Å²) < 4.78 is 6.36. The van der Waals surface area contributed by atoms with Crippen LogP contribution in [-0.2, 0) is 11.2 Å². The molecule has 1 amide bonds. The summed E-state index contributed by atoms with van der Waals surface area (Å²) in [5, 5.41) is 2.85. The Morgan fingerprint density at radius 2 is 1.95 bits per heavy atom. The van der Waals surface area contributed by atoms with Crippen LogP contribution in [0.15, 0.2) is 53.0 Å². The van der Waals surface area contributed by atoms with Crippen molar-refractivity contribution in [2.24, 2.45) is 0 Å². The van der Waals surface area contributed by atoms with Crippen LogP contribution in [0.1, 0.15) is 11.1 Å². The number of halogens is 1. The smallest absolute Gasteiger partial charge is 0.257 e. The predicted octanol–water partition coefficient (Wildman–Crippen LogP) is 3.50. The lowest BCUT2D eigenvalue weighted by Crippen LogP contribution is -2.30. The number of rotatable bonds is 6. The minimum absolute atomic E-state index is 0.0243. The summed E-state index contributed by atoms with van der Waals surface area (Å²) in [7, 11) is 0. The molecule has 2 aromatic carbocycles. The topological polar surface area (TPSA) is 38.3 Å². The van der Waals surface area contributed by atoms with E-state index in [1.54, 1.807) is 0 Å². The lowest BCUT2D eigenvalue weighted by molar-refractivity contribution is -0.123. The molecule has 2 rings (SSSR count). The van der Waals surface area contributed by atoms with Crippen LogP contribution >= 0.6 is 15.9 Å². The van der Waals surface area contributed by atoms with Crippen molar-refractivity contribution >= 4 is 21.8 Å². The molecular formula is C17H18BrNO2. The third-order valence-corrected chi connectivity index (χ3v) is 3.64. The summed E-state index contributed by atoms with van der Waals surface area (Å²) in [5.41, 5.74) is 2.35. The molecule has 1 N–H and O–H groups in total. The van der Waals surface area contributed by atoms with E-state index in [2.05, 4.69) is 21.2 Å². The Bertz CT molecular complexity index is 599. The zero-order valence-corrected chi connectivity index (χ0v) is 13.5. The maximum absolute atomic E-state index is 11.7. The third-order valence-electron chi connectivity index (χ3n) is 3.02. The van der Waals surface area contributed by atoms with Gasteiger partial charge in [0.05, 0.1) is 4.47 Å². The van der Waals surface area contributed by atoms with E-state index in [4.69, 9.17) is 4.74 Å². The third kappa shape index (κ3) is 5.23. The number of carbonyl (C=O) groups excluding carboxylic acids is 1. The molecule has 0 heterocycles. The molecule has 0 unspecified atom stereocenters. The first kappa shape index (κ1) is 15.6. The number of hydrogen-bond donors (Lipinski definition) is 1. The van der Waals surface area contributed by atoms with Crippen LogP contribution in [0.25, 0.3) is 0 Å². The average Bonchev–Trinajstić information content (AvgIpc) is 2.47. The number of aryl methyl sites for hydroxylation is 1. The van der Waals surface area contributed by atoms with Crippen molar-refractivity contribution in [1.82, 2.24) is 5.32 Å². The van der Waals surface area contributed by atoms with Crippen molar-refractivity contribution < 1.29 is 9.53 Å². The molecule has 0 aromatic heterocycles. The Labute approximate surface area is 133 Å². The van der Waals surface area contributed by atoms with Gasteiger partial charge >= 0.3 is 0 Å². The van der Waals surface area contributed by atoms with Gasteiger partial charge < -0.3 is 10.1 Å². The Balaban J connectivity index is 1.72. The van der Waals surface area contributed by atoms with Gasteiger partial charge in [-0.2, -0.15) is 0 Å². The molecule has 0 saturated heterocycles. The molecule has 2 aromatic rings. The van der Waals surface area contributed by atoms with Crippen molar-refractivity contribution in [3.8, 4) is 5.75 Å². The van der Waals surface area contributed by atoms with Crippen molar-refractivity contribution in [2.75, 3.05) is 13.2 Å². The Morgan fingerprint density at radius 1 is 1.19 bits per heavy atom.